The topological polar surface area (TPSA) is 54.5 Å². The summed E-state index contributed by atoms with van der Waals surface area (Å²) in [4.78, 5) is 1.51. The van der Waals surface area contributed by atoms with Crippen molar-refractivity contribution in [2.24, 2.45) is 0 Å². The number of nitrogens with zero attached hydrogens (tertiary/aromatic N) is 4. The molecule has 0 aliphatic rings. The lowest BCUT2D eigenvalue weighted by Gasteiger charge is -2.04. The van der Waals surface area contributed by atoms with Crippen molar-refractivity contribution in [1.29, 1.82) is 5.26 Å². The number of nitriles is 1. The van der Waals surface area contributed by atoms with Gasteiger partial charge in [-0.2, -0.15) is 20.3 Å². The largest absolute Gasteiger partial charge is 0.198 e. The third-order valence-electron chi connectivity index (χ3n) is 3.38. The van der Waals surface area contributed by atoms with Crippen LogP contribution in [-0.2, 0) is 6.54 Å². The van der Waals surface area contributed by atoms with E-state index in [2.05, 4.69) is 16.3 Å². The van der Waals surface area contributed by atoms with E-state index in [1.165, 1.54) is 4.80 Å². The number of halogens is 3. The van der Waals surface area contributed by atoms with Gasteiger partial charge in [-0.15, -0.1) is 0 Å². The lowest BCUT2D eigenvalue weighted by Crippen LogP contribution is -2.01. The number of hydrogen-bond donors (Lipinski definition) is 0. The van der Waals surface area contributed by atoms with Crippen LogP contribution in [0.5, 0.6) is 0 Å². The normalized spacial score (nSPS) is 10.6. The summed E-state index contributed by atoms with van der Waals surface area (Å²) >= 11 is 18.3. The van der Waals surface area contributed by atoms with Gasteiger partial charge in [-0.3, -0.25) is 0 Å². The van der Waals surface area contributed by atoms with Gasteiger partial charge < -0.3 is 0 Å². The molecule has 1 heterocycles. The van der Waals surface area contributed by atoms with Gasteiger partial charge >= 0.3 is 0 Å². The summed E-state index contributed by atoms with van der Waals surface area (Å²) in [7, 11) is 0. The second kappa shape index (κ2) is 7.23. The van der Waals surface area contributed by atoms with E-state index in [0.717, 1.165) is 11.1 Å². The molecule has 24 heavy (non-hydrogen) atoms. The van der Waals surface area contributed by atoms with Crippen molar-refractivity contribution in [1.82, 2.24) is 15.0 Å². The van der Waals surface area contributed by atoms with Crippen LogP contribution >= 0.6 is 34.8 Å². The van der Waals surface area contributed by atoms with Crippen molar-refractivity contribution in [3.63, 3.8) is 0 Å². The first-order valence-electron chi connectivity index (χ1n) is 7.12. The van der Waals surface area contributed by atoms with E-state index < -0.39 is 0 Å². The molecular formula is C17H11Cl3N4. The van der Waals surface area contributed by atoms with Crippen LogP contribution in [0.3, 0.4) is 0 Å². The molecule has 0 radical (unpaired) electrons. The van der Waals surface area contributed by atoms with E-state index in [1.807, 2.05) is 18.2 Å². The highest BCUT2D eigenvalue weighted by atomic mass is 35.5. The first-order chi connectivity index (χ1) is 11.6. The molecule has 0 N–H and O–H groups in total. The molecular weight excluding hydrogens is 367 g/mol. The van der Waals surface area contributed by atoms with Crippen molar-refractivity contribution in [2.45, 2.75) is 13.0 Å². The van der Waals surface area contributed by atoms with Crippen LogP contribution < -0.4 is 0 Å². The molecule has 3 rings (SSSR count). The van der Waals surface area contributed by atoms with Gasteiger partial charge in [0, 0.05) is 21.2 Å². The minimum absolute atomic E-state index is 0.322. The Morgan fingerprint density at radius 2 is 1.58 bits per heavy atom. The quantitative estimate of drug-likeness (QED) is 0.604. The molecule has 0 saturated heterocycles. The predicted octanol–water partition coefficient (Wildman–Crippen LogP) is 5.49. The summed E-state index contributed by atoms with van der Waals surface area (Å²) < 4.78 is 0. The summed E-state index contributed by atoms with van der Waals surface area (Å²) in [5.41, 5.74) is 2.91. The molecule has 0 unspecified atom stereocenters. The van der Waals surface area contributed by atoms with Gasteiger partial charge in [0.05, 0.1) is 24.1 Å². The molecule has 0 amide bonds. The van der Waals surface area contributed by atoms with Crippen molar-refractivity contribution < 1.29 is 0 Å². The third-order valence-corrected chi connectivity index (χ3v) is 4.18. The van der Waals surface area contributed by atoms with Crippen molar-refractivity contribution in [3.05, 3.63) is 57.5 Å². The SMILES string of the molecule is N#CCCn1nc(-c2ccc(Cl)cc2)c(-c2ccc(Cl)cc2Cl)n1. The average molecular weight is 378 g/mol. The Labute approximate surface area is 154 Å². The zero-order chi connectivity index (χ0) is 17.1. The first kappa shape index (κ1) is 16.8. The minimum atomic E-state index is 0.322. The molecule has 0 saturated carbocycles. The Kier molecular flexibility index (Phi) is 5.06. The smallest absolute Gasteiger partial charge is 0.122 e. The van der Waals surface area contributed by atoms with Crippen LogP contribution in [0.2, 0.25) is 15.1 Å². The zero-order valence-corrected chi connectivity index (χ0v) is 14.6. The zero-order valence-electron chi connectivity index (χ0n) is 12.4. The number of benzene rings is 2. The van der Waals surface area contributed by atoms with Crippen LogP contribution in [0.15, 0.2) is 42.5 Å². The van der Waals surface area contributed by atoms with Crippen molar-refractivity contribution in [3.8, 4) is 28.6 Å². The van der Waals surface area contributed by atoms with Gasteiger partial charge in [0.1, 0.15) is 11.4 Å². The van der Waals surface area contributed by atoms with E-state index in [4.69, 9.17) is 40.1 Å². The number of hydrogen-bond acceptors (Lipinski definition) is 3. The fourth-order valence-corrected chi connectivity index (χ4v) is 2.89. The lowest BCUT2D eigenvalue weighted by molar-refractivity contribution is 0.548. The second-order valence-electron chi connectivity index (χ2n) is 5.03. The molecule has 7 heteroatoms. The minimum Gasteiger partial charge on any atom is -0.198 e. The molecule has 3 aromatic rings. The number of rotatable bonds is 4. The Hall–Kier alpha value is -2.06. The highest BCUT2D eigenvalue weighted by Crippen LogP contribution is 2.35. The Morgan fingerprint density at radius 1 is 0.917 bits per heavy atom. The molecule has 0 aliphatic carbocycles. The molecule has 0 bridgehead atoms. The monoisotopic (exact) mass is 376 g/mol. The molecule has 2 aromatic carbocycles. The molecule has 120 valence electrons. The van der Waals surface area contributed by atoms with Gasteiger partial charge in [-0.25, -0.2) is 0 Å². The fraction of sp³-hybridized carbons (Fsp3) is 0.118. The summed E-state index contributed by atoms with van der Waals surface area (Å²) in [6.07, 6.45) is 0.322. The maximum Gasteiger partial charge on any atom is 0.122 e. The molecule has 4 nitrogen and oxygen atoms in total. The average Bonchev–Trinajstić information content (AvgIpc) is 2.97. The van der Waals surface area contributed by atoms with Gasteiger partial charge in [0.25, 0.3) is 0 Å². The van der Waals surface area contributed by atoms with Crippen molar-refractivity contribution >= 4 is 34.8 Å². The van der Waals surface area contributed by atoms with E-state index in [1.54, 1.807) is 24.3 Å². The second-order valence-corrected chi connectivity index (χ2v) is 6.31. The maximum atomic E-state index is 8.77. The highest BCUT2D eigenvalue weighted by molar-refractivity contribution is 6.36. The lowest BCUT2D eigenvalue weighted by atomic mass is 10.1. The highest BCUT2D eigenvalue weighted by Gasteiger charge is 2.17. The summed E-state index contributed by atoms with van der Waals surface area (Å²) in [6.45, 7) is 0.405. The van der Waals surface area contributed by atoms with Crippen LogP contribution in [0, 0.1) is 11.3 Å². The summed E-state index contributed by atoms with van der Waals surface area (Å²) in [5, 5.41) is 19.5. The molecule has 0 aliphatic heterocycles. The summed E-state index contributed by atoms with van der Waals surface area (Å²) in [5.74, 6) is 0. The van der Waals surface area contributed by atoms with Crippen LogP contribution in [0.25, 0.3) is 22.5 Å². The third kappa shape index (κ3) is 3.54. The van der Waals surface area contributed by atoms with Gasteiger partial charge in [0.2, 0.25) is 0 Å². The van der Waals surface area contributed by atoms with Crippen LogP contribution in [0.1, 0.15) is 6.42 Å². The first-order valence-corrected chi connectivity index (χ1v) is 8.25. The van der Waals surface area contributed by atoms with E-state index in [9.17, 15) is 0 Å². The Bertz CT molecular complexity index is 911. The fourth-order valence-electron chi connectivity index (χ4n) is 2.26. The van der Waals surface area contributed by atoms with Crippen molar-refractivity contribution in [2.75, 3.05) is 0 Å². The van der Waals surface area contributed by atoms with E-state index in [0.29, 0.717) is 39.4 Å². The van der Waals surface area contributed by atoms with E-state index >= 15 is 0 Å². The number of aryl methyl sites for hydroxylation is 1. The van der Waals surface area contributed by atoms with Crippen LogP contribution in [0.4, 0.5) is 0 Å². The predicted molar refractivity (Wildman–Crippen MR) is 96.2 cm³/mol. The van der Waals surface area contributed by atoms with Gasteiger partial charge in [0.15, 0.2) is 0 Å². The van der Waals surface area contributed by atoms with Gasteiger partial charge in [-0.05, 0) is 30.3 Å². The molecule has 0 atom stereocenters. The summed E-state index contributed by atoms with van der Waals surface area (Å²) in [6, 6.07) is 14.6. The Morgan fingerprint density at radius 3 is 2.25 bits per heavy atom. The van der Waals surface area contributed by atoms with E-state index in [-0.39, 0.29) is 0 Å². The molecule has 1 aromatic heterocycles. The Balaban J connectivity index is 2.14. The number of aromatic nitrogens is 3. The molecule has 0 spiro atoms. The molecule has 0 fully saturated rings. The maximum absolute atomic E-state index is 8.77. The van der Waals surface area contributed by atoms with Gasteiger partial charge in [-0.1, -0.05) is 46.9 Å². The standard InChI is InChI=1S/C17H11Cl3N4/c18-12-4-2-11(3-5-12)16-17(23-24(22-16)9-1-8-21)14-7-6-13(19)10-15(14)20/h2-7,10H,1,9H2. The van der Waals surface area contributed by atoms with Crippen LogP contribution in [-0.4, -0.2) is 15.0 Å².